The first-order valence-electron chi connectivity index (χ1n) is 8.25. The van der Waals surface area contributed by atoms with Crippen molar-refractivity contribution in [1.29, 1.82) is 0 Å². The van der Waals surface area contributed by atoms with Crippen molar-refractivity contribution >= 4 is 44.0 Å². The highest BCUT2D eigenvalue weighted by Gasteiger charge is 2.19. The Balaban J connectivity index is 1.58. The number of nitrogens with zero attached hydrogens (tertiary/aromatic N) is 2. The second-order valence-electron chi connectivity index (χ2n) is 6.37. The maximum atomic E-state index is 12.4. The fourth-order valence-corrected chi connectivity index (χ4v) is 4.12. The van der Waals surface area contributed by atoms with Gasteiger partial charge in [-0.3, -0.25) is 9.69 Å². The van der Waals surface area contributed by atoms with Gasteiger partial charge >= 0.3 is 5.63 Å². The predicted octanol–water partition coefficient (Wildman–Crippen LogP) is 2.19. The molecular weight excluding hydrogens is 338 g/mol. The van der Waals surface area contributed by atoms with Crippen molar-refractivity contribution in [2.45, 2.75) is 0 Å². The summed E-state index contributed by atoms with van der Waals surface area (Å²) in [5, 5.41) is 7.52. The number of thiophene rings is 1. The van der Waals surface area contributed by atoms with Crippen LogP contribution in [0.25, 0.3) is 21.7 Å². The van der Waals surface area contributed by atoms with Crippen molar-refractivity contribution in [3.05, 3.63) is 40.1 Å². The van der Waals surface area contributed by atoms with Crippen LogP contribution in [0.1, 0.15) is 0 Å². The molecule has 1 N–H and O–H groups in total. The van der Waals surface area contributed by atoms with Crippen molar-refractivity contribution < 1.29 is 9.21 Å². The summed E-state index contributed by atoms with van der Waals surface area (Å²) in [6.07, 6.45) is 0. The van der Waals surface area contributed by atoms with Gasteiger partial charge in [-0.05, 0) is 13.1 Å². The van der Waals surface area contributed by atoms with Gasteiger partial charge in [-0.1, -0.05) is 18.2 Å². The largest absolute Gasteiger partial charge is 0.422 e. The van der Waals surface area contributed by atoms with E-state index in [1.54, 1.807) is 6.07 Å². The number of carbonyl (C=O) groups excluding carboxylic acids is 1. The Kier molecular flexibility index (Phi) is 4.29. The summed E-state index contributed by atoms with van der Waals surface area (Å²) in [4.78, 5) is 29.1. The second kappa shape index (κ2) is 6.59. The maximum absolute atomic E-state index is 12.4. The highest BCUT2D eigenvalue weighted by Crippen LogP contribution is 2.33. The molecule has 1 saturated heterocycles. The predicted molar refractivity (Wildman–Crippen MR) is 100 cm³/mol. The molecule has 0 atom stereocenters. The van der Waals surface area contributed by atoms with Gasteiger partial charge in [-0.15, -0.1) is 11.3 Å². The van der Waals surface area contributed by atoms with Crippen molar-refractivity contribution in [1.82, 2.24) is 9.80 Å². The Labute approximate surface area is 148 Å². The molecule has 0 radical (unpaired) electrons. The van der Waals surface area contributed by atoms with E-state index in [1.165, 1.54) is 11.3 Å². The Bertz CT molecular complexity index is 986. The minimum atomic E-state index is -0.412. The molecule has 0 saturated carbocycles. The van der Waals surface area contributed by atoms with E-state index in [-0.39, 0.29) is 5.91 Å². The Morgan fingerprint density at radius 2 is 1.96 bits per heavy atom. The van der Waals surface area contributed by atoms with E-state index in [0.717, 1.165) is 37.0 Å². The molecule has 130 valence electrons. The van der Waals surface area contributed by atoms with Crippen LogP contribution in [-0.2, 0) is 4.79 Å². The van der Waals surface area contributed by atoms with Gasteiger partial charge in [0.05, 0.1) is 6.54 Å². The number of fused-ring (bicyclic) bond motifs is 3. The third-order valence-corrected chi connectivity index (χ3v) is 5.49. The molecule has 2 aromatic heterocycles. The zero-order valence-electron chi connectivity index (χ0n) is 13.9. The van der Waals surface area contributed by atoms with Crippen LogP contribution < -0.4 is 10.9 Å². The van der Waals surface area contributed by atoms with Gasteiger partial charge in [0.25, 0.3) is 0 Å². The number of rotatable bonds is 3. The fourth-order valence-electron chi connectivity index (χ4n) is 3.16. The summed E-state index contributed by atoms with van der Waals surface area (Å²) in [7, 11) is 2.08. The normalized spacial score (nSPS) is 16.5. The molecule has 1 amide bonds. The molecule has 4 rings (SSSR count). The standard InChI is InChI=1S/C18H19N3O3S/c1-20-6-8-21(9-7-20)10-15(22)19-17-16-13(11-25-17)12-4-2-3-5-14(12)24-18(16)23/h2-5,11H,6-10H2,1H3,(H,19,22). The highest BCUT2D eigenvalue weighted by atomic mass is 32.1. The number of hydrogen-bond donors (Lipinski definition) is 1. The van der Waals surface area contributed by atoms with Gasteiger partial charge in [0.15, 0.2) is 0 Å². The molecule has 1 fully saturated rings. The van der Waals surface area contributed by atoms with E-state index in [4.69, 9.17) is 4.42 Å². The van der Waals surface area contributed by atoms with Crippen LogP contribution in [0, 0.1) is 0 Å². The maximum Gasteiger partial charge on any atom is 0.347 e. The third kappa shape index (κ3) is 3.18. The lowest BCUT2D eigenvalue weighted by atomic mass is 10.1. The molecule has 1 aliphatic rings. The second-order valence-corrected chi connectivity index (χ2v) is 7.25. The van der Waals surface area contributed by atoms with Gasteiger partial charge in [0, 0.05) is 42.3 Å². The number of amides is 1. The van der Waals surface area contributed by atoms with Gasteiger partial charge in [-0.25, -0.2) is 4.79 Å². The molecule has 0 bridgehead atoms. The first-order chi connectivity index (χ1) is 12.1. The summed E-state index contributed by atoms with van der Waals surface area (Å²) in [6, 6.07) is 7.44. The minimum absolute atomic E-state index is 0.0964. The van der Waals surface area contributed by atoms with E-state index >= 15 is 0 Å². The summed E-state index contributed by atoms with van der Waals surface area (Å²) in [5.41, 5.74) is 0.151. The molecule has 0 aliphatic carbocycles. The molecule has 7 heteroatoms. The van der Waals surface area contributed by atoms with E-state index < -0.39 is 5.63 Å². The molecule has 3 aromatic rings. The number of anilines is 1. The fraction of sp³-hybridized carbons (Fsp3) is 0.333. The van der Waals surface area contributed by atoms with Crippen molar-refractivity contribution in [3.8, 4) is 0 Å². The van der Waals surface area contributed by atoms with E-state index in [9.17, 15) is 9.59 Å². The Morgan fingerprint density at radius 3 is 2.76 bits per heavy atom. The lowest BCUT2D eigenvalue weighted by Gasteiger charge is -2.31. The monoisotopic (exact) mass is 357 g/mol. The molecule has 1 aromatic carbocycles. The topological polar surface area (TPSA) is 65.8 Å². The van der Waals surface area contributed by atoms with Gasteiger partial charge < -0.3 is 14.6 Å². The highest BCUT2D eigenvalue weighted by molar-refractivity contribution is 7.16. The molecule has 0 spiro atoms. The van der Waals surface area contributed by atoms with Crippen LogP contribution in [-0.4, -0.2) is 55.5 Å². The van der Waals surface area contributed by atoms with Crippen molar-refractivity contribution in [3.63, 3.8) is 0 Å². The molecule has 3 heterocycles. The first-order valence-corrected chi connectivity index (χ1v) is 9.13. The summed E-state index contributed by atoms with van der Waals surface area (Å²) in [5.74, 6) is -0.0964. The van der Waals surface area contributed by atoms with Gasteiger partial charge in [0.2, 0.25) is 5.91 Å². The molecule has 1 aliphatic heterocycles. The van der Waals surface area contributed by atoms with Gasteiger partial charge in [0.1, 0.15) is 16.0 Å². The lowest BCUT2D eigenvalue weighted by molar-refractivity contribution is -0.117. The number of carbonyl (C=O) groups is 1. The van der Waals surface area contributed by atoms with E-state index in [1.807, 2.05) is 23.6 Å². The summed E-state index contributed by atoms with van der Waals surface area (Å²) >= 11 is 1.36. The zero-order valence-corrected chi connectivity index (χ0v) is 14.8. The number of nitrogens with one attached hydrogen (secondary N) is 1. The number of benzene rings is 1. The number of para-hydroxylation sites is 1. The van der Waals surface area contributed by atoms with Gasteiger partial charge in [-0.2, -0.15) is 0 Å². The molecule has 25 heavy (non-hydrogen) atoms. The van der Waals surface area contributed by atoms with Crippen LogP contribution in [0.2, 0.25) is 0 Å². The lowest BCUT2D eigenvalue weighted by Crippen LogP contribution is -2.47. The number of piperazine rings is 1. The van der Waals surface area contributed by atoms with E-state index in [2.05, 4.69) is 22.2 Å². The summed E-state index contributed by atoms with van der Waals surface area (Å²) in [6.45, 7) is 4.02. The third-order valence-electron chi connectivity index (χ3n) is 4.59. The van der Waals surface area contributed by atoms with Crippen LogP contribution in [0.5, 0.6) is 0 Å². The molecule has 6 nitrogen and oxygen atoms in total. The SMILES string of the molecule is CN1CCN(CC(=O)Nc2scc3c2c(=O)oc2ccccc23)CC1. The first kappa shape index (κ1) is 16.3. The number of likely N-dealkylation sites (N-methyl/N-ethyl adjacent to an activating group) is 1. The Hall–Kier alpha value is -2.22. The van der Waals surface area contributed by atoms with Crippen LogP contribution in [0.4, 0.5) is 5.00 Å². The average molecular weight is 357 g/mol. The van der Waals surface area contributed by atoms with E-state index in [0.29, 0.717) is 22.5 Å². The minimum Gasteiger partial charge on any atom is -0.422 e. The number of hydrogen-bond acceptors (Lipinski definition) is 6. The zero-order chi connectivity index (χ0) is 17.4. The van der Waals surface area contributed by atoms with Crippen molar-refractivity contribution in [2.24, 2.45) is 0 Å². The average Bonchev–Trinajstić information content (AvgIpc) is 3.01. The van der Waals surface area contributed by atoms with Crippen LogP contribution in [0.3, 0.4) is 0 Å². The smallest absolute Gasteiger partial charge is 0.347 e. The molecule has 0 unspecified atom stereocenters. The van der Waals surface area contributed by atoms with Crippen molar-refractivity contribution in [2.75, 3.05) is 45.1 Å². The molecular formula is C18H19N3O3S. The van der Waals surface area contributed by atoms with Crippen LogP contribution >= 0.6 is 11.3 Å². The quantitative estimate of drug-likeness (QED) is 0.728. The van der Waals surface area contributed by atoms with Crippen LogP contribution in [0.15, 0.2) is 38.9 Å². The summed E-state index contributed by atoms with van der Waals surface area (Å²) < 4.78 is 5.40. The Morgan fingerprint density at radius 1 is 1.20 bits per heavy atom.